The van der Waals surface area contributed by atoms with Crippen molar-refractivity contribution in [3.8, 4) is 0 Å². The number of fused-ring (bicyclic) bond motifs is 2. The van der Waals surface area contributed by atoms with Gasteiger partial charge >= 0.3 is 0 Å². The molecule has 0 radical (unpaired) electrons. The fourth-order valence-corrected chi connectivity index (χ4v) is 4.65. The lowest BCUT2D eigenvalue weighted by atomic mass is 9.94. The zero-order valence-electron chi connectivity index (χ0n) is 16.0. The van der Waals surface area contributed by atoms with Crippen molar-refractivity contribution in [3.05, 3.63) is 88.8 Å². The number of amides is 1. The van der Waals surface area contributed by atoms with E-state index in [0.717, 1.165) is 42.7 Å². The van der Waals surface area contributed by atoms with Gasteiger partial charge < -0.3 is 14.4 Å². The maximum atomic E-state index is 13.3. The van der Waals surface area contributed by atoms with Gasteiger partial charge in [0.25, 0.3) is 5.91 Å². The number of carbonyl (C=O) groups is 1. The number of ether oxygens (including phenoxy) is 2. The molecule has 3 heterocycles. The smallest absolute Gasteiger partial charge is 0.293 e. The summed E-state index contributed by atoms with van der Waals surface area (Å²) in [5.74, 6) is 0.793. The van der Waals surface area contributed by atoms with Crippen molar-refractivity contribution in [2.24, 2.45) is 0 Å². The fourth-order valence-electron chi connectivity index (χ4n) is 4.52. The Bertz CT molecular complexity index is 984. The summed E-state index contributed by atoms with van der Waals surface area (Å²) >= 11 is 6.02. The molecule has 1 aromatic rings. The lowest BCUT2D eigenvalue weighted by Gasteiger charge is -2.35. The Morgan fingerprint density at radius 1 is 1.10 bits per heavy atom. The Hall–Kier alpha value is -2.72. The second-order valence-corrected chi connectivity index (χ2v) is 8.21. The summed E-state index contributed by atoms with van der Waals surface area (Å²) in [5.41, 5.74) is 3.52. The standard InChI is InChI=1S/C24H22ClNO3/c25-19-8-6-16(7-9-19)18-12-20-10-11-21(13-18)26(20)24(27)23-15-28-14-22(29-23)17-4-2-1-3-5-17/h1-2,4,6-9,12,14-15,20-21H,3,5,10-11,13H2. The van der Waals surface area contributed by atoms with Crippen LogP contribution < -0.4 is 0 Å². The molecule has 1 aromatic carbocycles. The minimum Gasteiger partial charge on any atom is -0.465 e. The van der Waals surface area contributed by atoms with E-state index in [-0.39, 0.29) is 23.8 Å². The van der Waals surface area contributed by atoms with Crippen LogP contribution in [0.3, 0.4) is 0 Å². The number of hydrogen-bond acceptors (Lipinski definition) is 3. The lowest BCUT2D eigenvalue weighted by Crippen LogP contribution is -2.44. The van der Waals surface area contributed by atoms with Gasteiger partial charge in [-0.25, -0.2) is 0 Å². The minimum absolute atomic E-state index is 0.0858. The van der Waals surface area contributed by atoms with E-state index in [9.17, 15) is 4.79 Å². The van der Waals surface area contributed by atoms with Gasteiger partial charge in [0.1, 0.15) is 12.5 Å². The largest absolute Gasteiger partial charge is 0.465 e. The maximum absolute atomic E-state index is 13.3. The highest BCUT2D eigenvalue weighted by Crippen LogP contribution is 2.40. The molecule has 0 aromatic heterocycles. The molecule has 2 atom stereocenters. The zero-order valence-corrected chi connectivity index (χ0v) is 16.8. The Balaban J connectivity index is 1.33. The van der Waals surface area contributed by atoms with Crippen LogP contribution in [-0.2, 0) is 14.3 Å². The molecule has 0 spiro atoms. The number of nitrogens with zero attached hydrogens (tertiary/aromatic N) is 1. The lowest BCUT2D eigenvalue weighted by molar-refractivity contribution is -0.132. The first-order valence-electron chi connectivity index (χ1n) is 10.1. The van der Waals surface area contributed by atoms with E-state index >= 15 is 0 Å². The maximum Gasteiger partial charge on any atom is 0.293 e. The molecular formula is C24H22ClNO3. The predicted octanol–water partition coefficient (Wildman–Crippen LogP) is 5.49. The minimum atomic E-state index is -0.0959. The van der Waals surface area contributed by atoms with E-state index in [1.165, 1.54) is 17.4 Å². The van der Waals surface area contributed by atoms with Gasteiger partial charge in [0, 0.05) is 11.1 Å². The summed E-state index contributed by atoms with van der Waals surface area (Å²) in [6.45, 7) is 0. The first-order valence-corrected chi connectivity index (χ1v) is 10.5. The van der Waals surface area contributed by atoms with Crippen LogP contribution in [0, 0.1) is 0 Å². The second kappa shape index (κ2) is 7.60. The molecule has 3 aliphatic heterocycles. The SMILES string of the molecule is O=C(C1=COC=C(C2=CC=CCC2)O1)N1C2C=C(c3ccc(Cl)cc3)CC1CC2. The van der Waals surface area contributed by atoms with E-state index in [4.69, 9.17) is 21.1 Å². The molecule has 4 nitrogen and oxygen atoms in total. The second-order valence-electron chi connectivity index (χ2n) is 7.77. The van der Waals surface area contributed by atoms with Crippen molar-refractivity contribution in [2.45, 2.75) is 44.2 Å². The highest BCUT2D eigenvalue weighted by atomic mass is 35.5. The van der Waals surface area contributed by atoms with Gasteiger partial charge in [-0.2, -0.15) is 0 Å². The Morgan fingerprint density at radius 3 is 2.72 bits per heavy atom. The van der Waals surface area contributed by atoms with E-state index < -0.39 is 0 Å². The molecule has 4 aliphatic rings. The van der Waals surface area contributed by atoms with Crippen LogP contribution in [0.15, 0.2) is 78.2 Å². The number of benzene rings is 1. The first kappa shape index (κ1) is 18.3. The van der Waals surface area contributed by atoms with E-state index in [1.54, 1.807) is 6.26 Å². The molecule has 2 bridgehead atoms. The van der Waals surface area contributed by atoms with Gasteiger partial charge in [-0.15, -0.1) is 0 Å². The Labute approximate surface area is 175 Å². The predicted molar refractivity (Wildman–Crippen MR) is 112 cm³/mol. The average molecular weight is 408 g/mol. The van der Waals surface area contributed by atoms with Crippen LogP contribution in [0.4, 0.5) is 0 Å². The van der Waals surface area contributed by atoms with E-state index in [0.29, 0.717) is 5.76 Å². The molecule has 29 heavy (non-hydrogen) atoms. The van der Waals surface area contributed by atoms with Crippen LogP contribution >= 0.6 is 11.6 Å². The van der Waals surface area contributed by atoms with Crippen molar-refractivity contribution >= 4 is 23.1 Å². The summed E-state index contributed by atoms with van der Waals surface area (Å²) in [6.07, 6.45) is 16.0. The molecular weight excluding hydrogens is 386 g/mol. The number of halogens is 1. The van der Waals surface area contributed by atoms with Gasteiger partial charge in [-0.05, 0) is 60.9 Å². The first-order chi connectivity index (χ1) is 14.2. The molecule has 1 fully saturated rings. The van der Waals surface area contributed by atoms with Gasteiger partial charge in [0.05, 0.1) is 6.04 Å². The third kappa shape index (κ3) is 3.53. The Morgan fingerprint density at radius 2 is 1.97 bits per heavy atom. The van der Waals surface area contributed by atoms with Crippen molar-refractivity contribution in [2.75, 3.05) is 0 Å². The van der Waals surface area contributed by atoms with Crippen molar-refractivity contribution < 1.29 is 14.3 Å². The topological polar surface area (TPSA) is 38.8 Å². The third-order valence-corrected chi connectivity index (χ3v) is 6.21. The molecule has 2 unspecified atom stereocenters. The van der Waals surface area contributed by atoms with Crippen LogP contribution in [0.1, 0.15) is 37.7 Å². The van der Waals surface area contributed by atoms with Crippen LogP contribution in [-0.4, -0.2) is 22.9 Å². The Kier molecular flexibility index (Phi) is 4.80. The van der Waals surface area contributed by atoms with Gasteiger partial charge in [0.2, 0.25) is 5.76 Å². The highest BCUT2D eigenvalue weighted by molar-refractivity contribution is 6.30. The molecule has 5 heteroatoms. The van der Waals surface area contributed by atoms with Crippen molar-refractivity contribution in [3.63, 3.8) is 0 Å². The summed E-state index contributed by atoms with van der Waals surface area (Å²) < 4.78 is 11.4. The average Bonchev–Trinajstić information content (AvgIpc) is 3.03. The molecule has 0 N–H and O–H groups in total. The van der Waals surface area contributed by atoms with Gasteiger partial charge in [-0.1, -0.05) is 48.0 Å². The normalized spacial score (nSPS) is 25.3. The molecule has 1 saturated heterocycles. The highest BCUT2D eigenvalue weighted by Gasteiger charge is 2.41. The molecule has 5 rings (SSSR count). The third-order valence-electron chi connectivity index (χ3n) is 5.96. The molecule has 1 amide bonds. The number of rotatable bonds is 3. The molecule has 1 aliphatic carbocycles. The molecule has 148 valence electrons. The molecule has 0 saturated carbocycles. The summed E-state index contributed by atoms with van der Waals surface area (Å²) in [6, 6.07) is 8.20. The number of allylic oxidation sites excluding steroid dienone is 4. The van der Waals surface area contributed by atoms with Crippen molar-refractivity contribution in [1.82, 2.24) is 4.90 Å². The monoisotopic (exact) mass is 407 g/mol. The number of carbonyl (C=O) groups excluding carboxylic acids is 1. The van der Waals surface area contributed by atoms with Crippen LogP contribution in [0.25, 0.3) is 5.57 Å². The summed E-state index contributed by atoms with van der Waals surface area (Å²) in [5, 5.41) is 0.735. The number of hydrogen-bond donors (Lipinski definition) is 0. The summed E-state index contributed by atoms with van der Waals surface area (Å²) in [4.78, 5) is 15.2. The van der Waals surface area contributed by atoms with Crippen molar-refractivity contribution in [1.29, 1.82) is 0 Å². The van der Waals surface area contributed by atoms with Crippen LogP contribution in [0.5, 0.6) is 0 Å². The van der Waals surface area contributed by atoms with Crippen LogP contribution in [0.2, 0.25) is 5.02 Å². The fraction of sp³-hybridized carbons (Fsp3) is 0.292. The zero-order chi connectivity index (χ0) is 19.8. The quantitative estimate of drug-likeness (QED) is 0.664. The van der Waals surface area contributed by atoms with Gasteiger partial charge in [-0.3, -0.25) is 4.79 Å². The van der Waals surface area contributed by atoms with E-state index in [2.05, 4.69) is 24.3 Å². The van der Waals surface area contributed by atoms with E-state index in [1.807, 2.05) is 29.2 Å². The summed E-state index contributed by atoms with van der Waals surface area (Å²) in [7, 11) is 0. The van der Waals surface area contributed by atoms with Gasteiger partial charge in [0.15, 0.2) is 5.76 Å².